The Kier molecular flexibility index (Phi) is 4.56. The average molecular weight is 356 g/mol. The molecule has 1 aliphatic heterocycles. The molecule has 0 amide bonds. The third-order valence-electron chi connectivity index (χ3n) is 5.75. The van der Waals surface area contributed by atoms with Crippen molar-refractivity contribution in [2.45, 2.75) is 48.1 Å². The monoisotopic (exact) mass is 355 g/mol. The van der Waals surface area contributed by atoms with E-state index in [0.29, 0.717) is 11.5 Å². The topological polar surface area (TPSA) is 81.1 Å². The third-order valence-corrected chi connectivity index (χ3v) is 6.66. The highest BCUT2D eigenvalue weighted by atomic mass is 32.2. The number of nitrogens with two attached hydrogens (primary N) is 2. The first kappa shape index (κ1) is 16.7. The summed E-state index contributed by atoms with van der Waals surface area (Å²) in [7, 11) is 0. The molecule has 1 aromatic carbocycles. The van der Waals surface area contributed by atoms with Crippen molar-refractivity contribution in [3.05, 3.63) is 36.7 Å². The molecule has 5 nitrogen and oxygen atoms in total. The molecule has 1 saturated carbocycles. The lowest BCUT2D eigenvalue weighted by molar-refractivity contribution is 0.197. The lowest BCUT2D eigenvalue weighted by atomic mass is 9.74. The number of nitrogen functional groups attached to an aromatic ring is 1. The first-order valence-corrected chi connectivity index (χ1v) is 9.82. The van der Waals surface area contributed by atoms with Crippen LogP contribution in [-0.2, 0) is 0 Å². The molecule has 0 bridgehead atoms. The largest absolute Gasteiger partial charge is 0.399 e. The molecule has 6 heteroatoms. The molecule has 0 radical (unpaired) electrons. The Hall–Kier alpha value is -1.79. The Morgan fingerprint density at radius 1 is 1.12 bits per heavy atom. The predicted octanol–water partition coefficient (Wildman–Crippen LogP) is 3.31. The molecule has 2 heterocycles. The molecule has 2 fully saturated rings. The maximum absolute atomic E-state index is 6.37. The first-order chi connectivity index (χ1) is 12.1. The summed E-state index contributed by atoms with van der Waals surface area (Å²) >= 11 is 1.58. The van der Waals surface area contributed by atoms with Crippen molar-refractivity contribution in [3.63, 3.8) is 0 Å². The summed E-state index contributed by atoms with van der Waals surface area (Å²) in [6.07, 6.45) is 9.87. The molecule has 4 N–H and O–H groups in total. The predicted molar refractivity (Wildman–Crippen MR) is 103 cm³/mol. The van der Waals surface area contributed by atoms with Gasteiger partial charge in [-0.1, -0.05) is 24.2 Å². The van der Waals surface area contributed by atoms with Crippen molar-refractivity contribution in [1.29, 1.82) is 0 Å². The highest BCUT2D eigenvalue weighted by Gasteiger charge is 2.42. The van der Waals surface area contributed by atoms with E-state index in [9.17, 15) is 0 Å². The van der Waals surface area contributed by atoms with Crippen LogP contribution < -0.4 is 16.4 Å². The number of rotatable bonds is 3. The van der Waals surface area contributed by atoms with Crippen molar-refractivity contribution in [2.24, 2.45) is 11.1 Å². The van der Waals surface area contributed by atoms with Gasteiger partial charge in [0.1, 0.15) is 10.8 Å². The summed E-state index contributed by atoms with van der Waals surface area (Å²) in [4.78, 5) is 12.6. The van der Waals surface area contributed by atoms with Crippen LogP contribution in [0.1, 0.15) is 32.1 Å². The van der Waals surface area contributed by atoms with E-state index in [1.54, 1.807) is 11.8 Å². The molecule has 0 unspecified atom stereocenters. The number of anilines is 2. The van der Waals surface area contributed by atoms with Gasteiger partial charge < -0.3 is 16.4 Å². The van der Waals surface area contributed by atoms with Crippen LogP contribution in [0, 0.1) is 5.41 Å². The van der Waals surface area contributed by atoms with Crippen LogP contribution in [0.2, 0.25) is 0 Å². The second-order valence-electron chi connectivity index (χ2n) is 7.24. The van der Waals surface area contributed by atoms with Crippen LogP contribution in [-0.4, -0.2) is 29.1 Å². The van der Waals surface area contributed by atoms with Crippen LogP contribution >= 0.6 is 11.8 Å². The summed E-state index contributed by atoms with van der Waals surface area (Å²) < 4.78 is 0. The van der Waals surface area contributed by atoms with Gasteiger partial charge in [0.15, 0.2) is 0 Å². The number of hydrogen-bond donors (Lipinski definition) is 2. The molecule has 1 aromatic heterocycles. The van der Waals surface area contributed by atoms with Gasteiger partial charge in [0.05, 0.1) is 12.4 Å². The van der Waals surface area contributed by atoms with Crippen LogP contribution in [0.5, 0.6) is 0 Å². The minimum absolute atomic E-state index is 0.382. The summed E-state index contributed by atoms with van der Waals surface area (Å²) in [6, 6.07) is 8.22. The number of benzene rings is 1. The Bertz CT molecular complexity index is 725. The van der Waals surface area contributed by atoms with E-state index in [4.69, 9.17) is 11.5 Å². The molecule has 25 heavy (non-hydrogen) atoms. The zero-order valence-electron chi connectivity index (χ0n) is 14.4. The van der Waals surface area contributed by atoms with Crippen molar-refractivity contribution in [1.82, 2.24) is 9.97 Å². The number of nitrogens with zero attached hydrogens (tertiary/aromatic N) is 3. The number of aromatic nitrogens is 2. The fourth-order valence-corrected chi connectivity index (χ4v) is 4.99. The van der Waals surface area contributed by atoms with Crippen LogP contribution in [0.15, 0.2) is 46.6 Å². The van der Waals surface area contributed by atoms with E-state index < -0.39 is 0 Å². The van der Waals surface area contributed by atoms with Crippen LogP contribution in [0.3, 0.4) is 0 Å². The van der Waals surface area contributed by atoms with E-state index in [-0.39, 0.29) is 0 Å². The summed E-state index contributed by atoms with van der Waals surface area (Å²) in [5.41, 5.74) is 13.3. The maximum Gasteiger partial charge on any atom is 0.147 e. The minimum Gasteiger partial charge on any atom is -0.399 e. The first-order valence-electron chi connectivity index (χ1n) is 9.01. The van der Waals surface area contributed by atoms with E-state index in [1.807, 2.05) is 36.7 Å². The van der Waals surface area contributed by atoms with Crippen molar-refractivity contribution < 1.29 is 0 Å². The molecule has 1 saturated heterocycles. The lowest BCUT2D eigenvalue weighted by Crippen LogP contribution is -2.47. The van der Waals surface area contributed by atoms with Gasteiger partial charge in [0.25, 0.3) is 0 Å². The number of piperidine rings is 1. The Labute approximate surface area is 153 Å². The second kappa shape index (κ2) is 6.84. The Balaban J connectivity index is 1.39. The molecule has 4 rings (SSSR count). The van der Waals surface area contributed by atoms with Crippen molar-refractivity contribution >= 4 is 23.3 Å². The highest BCUT2D eigenvalue weighted by molar-refractivity contribution is 7.99. The SMILES string of the molecule is Nc1cccc(Sc2cnc(N3CCC4(CCC[C@H]4N)CC3)cn2)c1. The smallest absolute Gasteiger partial charge is 0.147 e. The highest BCUT2D eigenvalue weighted by Crippen LogP contribution is 2.45. The molecule has 1 spiro atoms. The second-order valence-corrected chi connectivity index (χ2v) is 8.33. The number of hydrogen-bond acceptors (Lipinski definition) is 6. The summed E-state index contributed by atoms with van der Waals surface area (Å²) in [5.74, 6) is 0.971. The fraction of sp³-hybridized carbons (Fsp3) is 0.474. The van der Waals surface area contributed by atoms with Crippen molar-refractivity contribution in [3.8, 4) is 0 Å². The van der Waals surface area contributed by atoms with Gasteiger partial charge in [-0.2, -0.15) is 0 Å². The normalized spacial score (nSPS) is 22.4. The Morgan fingerprint density at radius 3 is 2.60 bits per heavy atom. The molecular formula is C19H25N5S. The zero-order valence-corrected chi connectivity index (χ0v) is 15.2. The van der Waals surface area contributed by atoms with Gasteiger partial charge in [-0.25, -0.2) is 9.97 Å². The van der Waals surface area contributed by atoms with Gasteiger partial charge in [0.2, 0.25) is 0 Å². The van der Waals surface area contributed by atoms with Gasteiger partial charge >= 0.3 is 0 Å². The molecule has 2 aliphatic rings. The van der Waals surface area contributed by atoms with E-state index in [0.717, 1.165) is 34.5 Å². The summed E-state index contributed by atoms with van der Waals surface area (Å²) in [5, 5.41) is 0.889. The minimum atomic E-state index is 0.382. The van der Waals surface area contributed by atoms with Gasteiger partial charge in [-0.05, 0) is 49.3 Å². The fourth-order valence-electron chi connectivity index (χ4n) is 4.19. The zero-order chi connectivity index (χ0) is 17.3. The quantitative estimate of drug-likeness (QED) is 0.822. The molecular weight excluding hydrogens is 330 g/mol. The van der Waals surface area contributed by atoms with Gasteiger partial charge in [-0.3, -0.25) is 0 Å². The van der Waals surface area contributed by atoms with E-state index in [2.05, 4.69) is 14.9 Å². The molecule has 1 aliphatic carbocycles. The molecule has 132 valence electrons. The van der Waals surface area contributed by atoms with Crippen LogP contribution in [0.25, 0.3) is 0 Å². The molecule has 2 aromatic rings. The van der Waals surface area contributed by atoms with Gasteiger partial charge in [0, 0.05) is 29.7 Å². The third kappa shape index (κ3) is 3.46. The van der Waals surface area contributed by atoms with Crippen molar-refractivity contribution in [2.75, 3.05) is 23.7 Å². The lowest BCUT2D eigenvalue weighted by Gasteiger charge is -2.42. The van der Waals surface area contributed by atoms with Gasteiger partial charge in [-0.15, -0.1) is 0 Å². The Morgan fingerprint density at radius 2 is 1.96 bits per heavy atom. The summed E-state index contributed by atoms with van der Waals surface area (Å²) in [6.45, 7) is 2.06. The maximum atomic E-state index is 6.37. The molecule has 1 atom stereocenters. The van der Waals surface area contributed by atoms with E-state index >= 15 is 0 Å². The standard InChI is InChI=1S/C19H25N5S/c20-14-3-1-4-15(11-14)25-18-13-22-17(12-23-18)24-9-7-19(8-10-24)6-2-5-16(19)21/h1,3-4,11-13,16H,2,5-10,20-21H2/t16-/m1/s1. The van der Waals surface area contributed by atoms with Crippen LogP contribution in [0.4, 0.5) is 11.5 Å². The average Bonchev–Trinajstić information content (AvgIpc) is 2.97. The van der Waals surface area contributed by atoms with E-state index in [1.165, 1.54) is 32.1 Å².